The van der Waals surface area contributed by atoms with Crippen molar-refractivity contribution in [2.24, 2.45) is 4.99 Å². The predicted octanol–water partition coefficient (Wildman–Crippen LogP) is 1.71. The molecule has 2 aromatic rings. The van der Waals surface area contributed by atoms with Crippen LogP contribution < -0.4 is 15.0 Å². The number of fused-ring (bicyclic) bond motifs is 3. The van der Waals surface area contributed by atoms with E-state index in [9.17, 15) is 0 Å². The van der Waals surface area contributed by atoms with E-state index < -0.39 is 0 Å². The Morgan fingerprint density at radius 2 is 2.43 bits per heavy atom. The summed E-state index contributed by atoms with van der Waals surface area (Å²) >= 11 is 1.44. The maximum Gasteiger partial charge on any atom is 0.211 e. The molecular formula is C13H13N3O4S. The number of benzene rings is 1. The van der Waals surface area contributed by atoms with Crippen molar-refractivity contribution < 1.29 is 19.8 Å². The second-order valence-corrected chi connectivity index (χ2v) is 5.25. The first-order chi connectivity index (χ1) is 10.3. The smallest absolute Gasteiger partial charge is 0.211 e. The van der Waals surface area contributed by atoms with Gasteiger partial charge in [0.2, 0.25) is 5.13 Å². The summed E-state index contributed by atoms with van der Waals surface area (Å²) in [7, 11) is 0. The number of aliphatic hydroxyl groups excluding tert-OH is 1. The molecule has 0 saturated heterocycles. The van der Waals surface area contributed by atoms with E-state index in [4.69, 9.17) is 19.8 Å². The van der Waals surface area contributed by atoms with E-state index in [1.807, 2.05) is 5.48 Å². The molecule has 0 amide bonds. The molecular weight excluding hydrogens is 294 g/mol. The van der Waals surface area contributed by atoms with Gasteiger partial charge in [-0.15, -0.1) is 0 Å². The molecule has 0 radical (unpaired) electrons. The molecule has 0 saturated carbocycles. The number of hydrogen-bond donors (Lipinski definition) is 3. The minimum atomic E-state index is -0.388. The lowest BCUT2D eigenvalue weighted by Gasteiger charge is -2.09. The van der Waals surface area contributed by atoms with Crippen LogP contribution in [0.1, 0.15) is 4.88 Å². The van der Waals surface area contributed by atoms with Gasteiger partial charge in [0.1, 0.15) is 17.8 Å². The molecule has 8 heteroatoms. The quantitative estimate of drug-likeness (QED) is 0.344. The van der Waals surface area contributed by atoms with Crippen molar-refractivity contribution in [1.29, 1.82) is 0 Å². The Labute approximate surface area is 124 Å². The van der Waals surface area contributed by atoms with Gasteiger partial charge in [0.05, 0.1) is 12.3 Å². The number of hydroxylamine groups is 1. The normalized spacial score (nSPS) is 13.2. The number of hydrogen-bond acceptors (Lipinski definition) is 7. The third kappa shape index (κ3) is 2.82. The summed E-state index contributed by atoms with van der Waals surface area (Å²) in [6.45, 7) is 0.172. The van der Waals surface area contributed by atoms with Gasteiger partial charge in [-0.1, -0.05) is 11.3 Å². The summed E-state index contributed by atoms with van der Waals surface area (Å²) in [5, 5.41) is 17.9. The topological polar surface area (TPSA) is 96.2 Å². The number of thiazole rings is 1. The molecule has 2 heterocycles. The van der Waals surface area contributed by atoms with Crippen LogP contribution >= 0.6 is 11.3 Å². The summed E-state index contributed by atoms with van der Waals surface area (Å²) in [5.74, 6) is 1.27. The number of nitrogens with zero attached hydrogens (tertiary/aromatic N) is 2. The average molecular weight is 307 g/mol. The molecule has 0 bridgehead atoms. The van der Waals surface area contributed by atoms with Crippen LogP contribution in [0.25, 0.3) is 11.3 Å². The van der Waals surface area contributed by atoms with Crippen molar-refractivity contribution in [3.8, 4) is 22.8 Å². The Morgan fingerprint density at radius 1 is 1.52 bits per heavy atom. The van der Waals surface area contributed by atoms with Crippen LogP contribution in [-0.2, 0) is 6.42 Å². The summed E-state index contributed by atoms with van der Waals surface area (Å²) in [5.41, 5.74) is 3.46. The highest BCUT2D eigenvalue weighted by Gasteiger charge is 2.20. The minimum Gasteiger partial charge on any atom is -0.493 e. The average Bonchev–Trinajstić information content (AvgIpc) is 2.82. The van der Waals surface area contributed by atoms with Gasteiger partial charge in [-0.2, -0.15) is 0 Å². The Balaban J connectivity index is 2.05. The first kappa shape index (κ1) is 13.8. The van der Waals surface area contributed by atoms with Crippen molar-refractivity contribution >= 4 is 22.8 Å². The Kier molecular flexibility index (Phi) is 4.00. The number of aliphatic hydroxyl groups is 1. The van der Waals surface area contributed by atoms with E-state index in [2.05, 4.69) is 9.98 Å². The van der Waals surface area contributed by atoms with E-state index in [1.165, 1.54) is 17.7 Å². The fourth-order valence-corrected chi connectivity index (χ4v) is 3.00. The first-order valence-electron chi connectivity index (χ1n) is 6.24. The van der Waals surface area contributed by atoms with Gasteiger partial charge in [0.25, 0.3) is 0 Å². The highest BCUT2D eigenvalue weighted by molar-refractivity contribution is 7.15. The first-order valence-corrected chi connectivity index (χ1v) is 7.06. The SMILES string of the molecule is OCOc1ccc2c(c1)-c1nc(/N=C/NO)sc1CCO2. The predicted molar refractivity (Wildman–Crippen MR) is 77.5 cm³/mol. The van der Waals surface area contributed by atoms with E-state index in [1.54, 1.807) is 18.2 Å². The molecule has 110 valence electrons. The van der Waals surface area contributed by atoms with Gasteiger partial charge in [0.15, 0.2) is 6.79 Å². The Hall–Kier alpha value is -2.16. The van der Waals surface area contributed by atoms with Crippen LogP contribution in [0.3, 0.4) is 0 Å². The van der Waals surface area contributed by atoms with E-state index in [0.717, 1.165) is 28.3 Å². The zero-order chi connectivity index (χ0) is 14.7. The number of aromatic nitrogens is 1. The fourth-order valence-electron chi connectivity index (χ4n) is 2.10. The lowest BCUT2D eigenvalue weighted by Crippen LogP contribution is -2.00. The molecule has 0 spiro atoms. The van der Waals surface area contributed by atoms with Crippen LogP contribution in [0.2, 0.25) is 0 Å². The summed E-state index contributed by atoms with van der Waals surface area (Å²) in [6.07, 6.45) is 1.90. The van der Waals surface area contributed by atoms with Gasteiger partial charge in [0, 0.05) is 16.9 Å². The standard InChI is InChI=1S/C13H13N3O4S/c17-7-20-8-1-2-10-9(5-8)12-11(3-4-19-10)21-13(16-12)14-6-15-18/h1-2,5-6,17-18H,3-4,7H2,(H,14,15,16). The molecule has 0 fully saturated rings. The third-order valence-corrected chi connectivity index (χ3v) is 3.97. The molecule has 1 aliphatic heterocycles. The molecule has 1 aromatic carbocycles. The summed E-state index contributed by atoms with van der Waals surface area (Å²) < 4.78 is 10.8. The van der Waals surface area contributed by atoms with Crippen LogP contribution in [0, 0.1) is 0 Å². The molecule has 0 unspecified atom stereocenters. The zero-order valence-corrected chi connectivity index (χ0v) is 11.8. The van der Waals surface area contributed by atoms with Crippen molar-refractivity contribution in [1.82, 2.24) is 10.5 Å². The molecule has 3 rings (SSSR count). The van der Waals surface area contributed by atoms with Crippen LogP contribution in [0.5, 0.6) is 11.5 Å². The molecule has 0 atom stereocenters. The van der Waals surface area contributed by atoms with Crippen LogP contribution in [0.15, 0.2) is 23.2 Å². The van der Waals surface area contributed by atoms with Gasteiger partial charge >= 0.3 is 0 Å². The molecule has 21 heavy (non-hydrogen) atoms. The highest BCUT2D eigenvalue weighted by Crippen LogP contribution is 2.41. The van der Waals surface area contributed by atoms with E-state index in [0.29, 0.717) is 17.5 Å². The summed E-state index contributed by atoms with van der Waals surface area (Å²) in [4.78, 5) is 9.52. The summed E-state index contributed by atoms with van der Waals surface area (Å²) in [6, 6.07) is 5.32. The Morgan fingerprint density at radius 3 is 3.24 bits per heavy atom. The number of ether oxygens (including phenoxy) is 2. The van der Waals surface area contributed by atoms with Crippen LogP contribution in [0.4, 0.5) is 5.13 Å². The van der Waals surface area contributed by atoms with Crippen molar-refractivity contribution in [3.63, 3.8) is 0 Å². The molecule has 3 N–H and O–H groups in total. The molecule has 0 aliphatic carbocycles. The monoisotopic (exact) mass is 307 g/mol. The molecule has 1 aliphatic rings. The van der Waals surface area contributed by atoms with Crippen molar-refractivity contribution in [2.75, 3.05) is 13.4 Å². The van der Waals surface area contributed by atoms with Gasteiger partial charge in [-0.05, 0) is 18.2 Å². The number of rotatable bonds is 4. The maximum atomic E-state index is 8.86. The zero-order valence-electron chi connectivity index (χ0n) is 10.9. The maximum absolute atomic E-state index is 8.86. The second kappa shape index (κ2) is 6.08. The van der Waals surface area contributed by atoms with Crippen molar-refractivity contribution in [3.05, 3.63) is 23.1 Å². The lowest BCUT2D eigenvalue weighted by molar-refractivity contribution is 0.0985. The number of aliphatic imine (C=N–C) groups is 1. The Bertz CT molecular complexity index is 671. The third-order valence-electron chi connectivity index (χ3n) is 2.94. The molecule has 7 nitrogen and oxygen atoms in total. The van der Waals surface area contributed by atoms with Crippen molar-refractivity contribution in [2.45, 2.75) is 6.42 Å². The number of nitrogens with one attached hydrogen (secondary N) is 1. The fraction of sp³-hybridized carbons (Fsp3) is 0.231. The minimum absolute atomic E-state index is 0.388. The lowest BCUT2D eigenvalue weighted by atomic mass is 10.1. The van der Waals surface area contributed by atoms with Crippen LogP contribution in [-0.4, -0.2) is 35.0 Å². The highest BCUT2D eigenvalue weighted by atomic mass is 32.1. The molecule has 1 aromatic heterocycles. The second-order valence-electron chi connectivity index (χ2n) is 4.19. The van der Waals surface area contributed by atoms with E-state index >= 15 is 0 Å². The van der Waals surface area contributed by atoms with Gasteiger partial charge in [-0.25, -0.2) is 9.98 Å². The largest absolute Gasteiger partial charge is 0.493 e. The van der Waals surface area contributed by atoms with E-state index in [-0.39, 0.29) is 6.79 Å². The van der Waals surface area contributed by atoms with Gasteiger partial charge in [-0.3, -0.25) is 10.7 Å². The van der Waals surface area contributed by atoms with Gasteiger partial charge < -0.3 is 14.6 Å².